The first-order chi connectivity index (χ1) is 13.7. The zero-order chi connectivity index (χ0) is 19.5. The van der Waals surface area contributed by atoms with Crippen molar-refractivity contribution in [3.8, 4) is 17.1 Å². The summed E-state index contributed by atoms with van der Waals surface area (Å²) >= 11 is 1.62. The van der Waals surface area contributed by atoms with Gasteiger partial charge in [-0.05, 0) is 38.1 Å². The average Bonchev–Trinajstić information content (AvgIpc) is 3.14. The summed E-state index contributed by atoms with van der Waals surface area (Å²) in [7, 11) is 1.67. The molecule has 0 unspecified atom stereocenters. The minimum absolute atomic E-state index is 0.688. The highest BCUT2D eigenvalue weighted by atomic mass is 32.2. The summed E-state index contributed by atoms with van der Waals surface area (Å²) in [6, 6.07) is 15.8. The second-order valence-corrected chi connectivity index (χ2v) is 7.23. The summed E-state index contributed by atoms with van der Waals surface area (Å²) in [4.78, 5) is 9.45. The molecular formula is C21H21N5OS. The Hall–Kier alpha value is -2.93. The molecule has 0 saturated heterocycles. The number of aromatic nitrogens is 5. The van der Waals surface area contributed by atoms with Gasteiger partial charge in [0.2, 0.25) is 0 Å². The number of hydrogen-bond donors (Lipinski definition) is 0. The molecule has 0 aliphatic rings. The van der Waals surface area contributed by atoms with Gasteiger partial charge in [0.1, 0.15) is 5.75 Å². The van der Waals surface area contributed by atoms with Crippen molar-refractivity contribution in [3.05, 3.63) is 59.9 Å². The van der Waals surface area contributed by atoms with Crippen molar-refractivity contribution in [1.29, 1.82) is 0 Å². The second kappa shape index (κ2) is 7.98. The number of thioether (sulfide) groups is 1. The van der Waals surface area contributed by atoms with Gasteiger partial charge in [0.25, 0.3) is 0 Å². The van der Waals surface area contributed by atoms with Gasteiger partial charge in [-0.15, -0.1) is 10.2 Å². The van der Waals surface area contributed by atoms with Crippen LogP contribution in [0.15, 0.2) is 53.7 Å². The van der Waals surface area contributed by atoms with E-state index in [9.17, 15) is 0 Å². The van der Waals surface area contributed by atoms with Crippen LogP contribution in [0.25, 0.3) is 22.4 Å². The molecule has 0 amide bonds. The standard InChI is InChI=1S/C21H21N5OS/c1-4-26-20(15-9-5-8-12-19(15)27-3)24-25-21(26)28-13-18-14(2)22-16-10-6-7-11-17(16)23-18/h5-12H,4,13H2,1-3H3. The molecule has 0 spiro atoms. The van der Waals surface area contributed by atoms with Crippen molar-refractivity contribution in [3.63, 3.8) is 0 Å². The molecule has 28 heavy (non-hydrogen) atoms. The Morgan fingerprint density at radius 1 is 0.964 bits per heavy atom. The van der Waals surface area contributed by atoms with Crippen LogP contribution in [-0.4, -0.2) is 31.8 Å². The molecule has 6 nitrogen and oxygen atoms in total. The largest absolute Gasteiger partial charge is 0.496 e. The van der Waals surface area contributed by atoms with E-state index in [1.807, 2.05) is 55.5 Å². The number of fused-ring (bicyclic) bond motifs is 1. The van der Waals surface area contributed by atoms with Crippen LogP contribution >= 0.6 is 11.8 Å². The Labute approximate surface area is 168 Å². The van der Waals surface area contributed by atoms with Gasteiger partial charge >= 0.3 is 0 Å². The SMILES string of the molecule is CCn1c(SCc2nc3ccccc3nc2C)nnc1-c1ccccc1OC. The summed E-state index contributed by atoms with van der Waals surface area (Å²) in [5.74, 6) is 2.29. The first kappa shape index (κ1) is 18.4. The van der Waals surface area contributed by atoms with E-state index in [4.69, 9.17) is 9.72 Å². The maximum absolute atomic E-state index is 5.49. The Morgan fingerprint density at radius 3 is 2.43 bits per heavy atom. The van der Waals surface area contributed by atoms with E-state index in [1.165, 1.54) is 0 Å². The minimum Gasteiger partial charge on any atom is -0.496 e. The molecule has 4 aromatic rings. The van der Waals surface area contributed by atoms with Crippen molar-refractivity contribution in [2.75, 3.05) is 7.11 Å². The number of ether oxygens (including phenoxy) is 1. The lowest BCUT2D eigenvalue weighted by Gasteiger charge is -2.10. The molecular weight excluding hydrogens is 370 g/mol. The topological polar surface area (TPSA) is 65.7 Å². The molecule has 142 valence electrons. The summed E-state index contributed by atoms with van der Waals surface area (Å²) < 4.78 is 7.59. The van der Waals surface area contributed by atoms with Crippen LogP contribution in [-0.2, 0) is 12.3 Å². The fraction of sp³-hybridized carbons (Fsp3) is 0.238. The maximum atomic E-state index is 5.49. The van der Waals surface area contributed by atoms with Gasteiger partial charge in [0.05, 0.1) is 35.1 Å². The van der Waals surface area contributed by atoms with E-state index in [2.05, 4.69) is 26.7 Å². The van der Waals surface area contributed by atoms with E-state index < -0.39 is 0 Å². The monoisotopic (exact) mass is 391 g/mol. The van der Waals surface area contributed by atoms with Crippen molar-refractivity contribution in [2.45, 2.75) is 31.3 Å². The quantitative estimate of drug-likeness (QED) is 0.450. The molecule has 0 N–H and O–H groups in total. The van der Waals surface area contributed by atoms with Crippen LogP contribution in [0.1, 0.15) is 18.3 Å². The number of nitrogens with zero attached hydrogens (tertiary/aromatic N) is 5. The number of para-hydroxylation sites is 3. The van der Waals surface area contributed by atoms with Gasteiger partial charge < -0.3 is 9.30 Å². The van der Waals surface area contributed by atoms with Crippen LogP contribution in [0.2, 0.25) is 0 Å². The molecule has 0 fully saturated rings. The number of benzene rings is 2. The van der Waals surface area contributed by atoms with Gasteiger partial charge in [0.15, 0.2) is 11.0 Å². The molecule has 0 aliphatic carbocycles. The van der Waals surface area contributed by atoms with Crippen LogP contribution in [0, 0.1) is 6.92 Å². The van der Waals surface area contributed by atoms with Crippen molar-refractivity contribution >= 4 is 22.8 Å². The molecule has 7 heteroatoms. The predicted octanol–water partition coefficient (Wildman–Crippen LogP) is 4.52. The van der Waals surface area contributed by atoms with E-state index in [-0.39, 0.29) is 0 Å². The lowest BCUT2D eigenvalue weighted by atomic mass is 10.2. The third kappa shape index (κ3) is 3.45. The number of aryl methyl sites for hydroxylation is 1. The van der Waals surface area contributed by atoms with Gasteiger partial charge in [0, 0.05) is 12.3 Å². The fourth-order valence-electron chi connectivity index (χ4n) is 3.10. The van der Waals surface area contributed by atoms with Crippen molar-refractivity contribution < 1.29 is 4.74 Å². The predicted molar refractivity (Wildman–Crippen MR) is 112 cm³/mol. The Kier molecular flexibility index (Phi) is 5.25. The van der Waals surface area contributed by atoms with E-state index in [1.54, 1.807) is 18.9 Å². The zero-order valence-corrected chi connectivity index (χ0v) is 16.9. The smallest absolute Gasteiger partial charge is 0.191 e. The summed E-state index contributed by atoms with van der Waals surface area (Å²) in [5, 5.41) is 9.70. The van der Waals surface area contributed by atoms with Gasteiger partial charge in [-0.1, -0.05) is 36.0 Å². The van der Waals surface area contributed by atoms with Crippen LogP contribution < -0.4 is 4.74 Å². The molecule has 0 saturated carbocycles. The molecule has 0 atom stereocenters. The lowest BCUT2D eigenvalue weighted by molar-refractivity contribution is 0.416. The molecule has 0 bridgehead atoms. The molecule has 2 aromatic carbocycles. The Bertz CT molecular complexity index is 1120. The minimum atomic E-state index is 0.688. The van der Waals surface area contributed by atoms with E-state index in [0.717, 1.165) is 51.3 Å². The Morgan fingerprint density at radius 2 is 1.68 bits per heavy atom. The maximum Gasteiger partial charge on any atom is 0.191 e. The number of rotatable bonds is 6. The first-order valence-electron chi connectivity index (χ1n) is 9.13. The first-order valence-corrected chi connectivity index (χ1v) is 10.1. The lowest BCUT2D eigenvalue weighted by Crippen LogP contribution is -2.02. The third-order valence-electron chi connectivity index (χ3n) is 4.56. The van der Waals surface area contributed by atoms with Crippen LogP contribution in [0.3, 0.4) is 0 Å². The molecule has 4 rings (SSSR count). The van der Waals surface area contributed by atoms with E-state index in [0.29, 0.717) is 5.75 Å². The number of methoxy groups -OCH3 is 1. The van der Waals surface area contributed by atoms with Crippen LogP contribution in [0.4, 0.5) is 0 Å². The molecule has 2 aromatic heterocycles. The highest BCUT2D eigenvalue weighted by Crippen LogP contribution is 2.31. The summed E-state index contributed by atoms with van der Waals surface area (Å²) in [6.45, 7) is 4.86. The van der Waals surface area contributed by atoms with Crippen molar-refractivity contribution in [1.82, 2.24) is 24.7 Å². The number of hydrogen-bond acceptors (Lipinski definition) is 6. The van der Waals surface area contributed by atoms with Crippen LogP contribution in [0.5, 0.6) is 5.75 Å². The van der Waals surface area contributed by atoms with Crippen molar-refractivity contribution in [2.24, 2.45) is 0 Å². The normalized spacial score (nSPS) is 11.1. The Balaban J connectivity index is 1.63. The summed E-state index contributed by atoms with van der Waals surface area (Å²) in [5.41, 5.74) is 4.68. The van der Waals surface area contributed by atoms with Gasteiger partial charge in [-0.2, -0.15) is 0 Å². The molecule has 0 aliphatic heterocycles. The van der Waals surface area contributed by atoms with Gasteiger partial charge in [-0.25, -0.2) is 9.97 Å². The average molecular weight is 392 g/mol. The zero-order valence-electron chi connectivity index (χ0n) is 16.1. The fourth-order valence-corrected chi connectivity index (χ4v) is 4.11. The summed E-state index contributed by atoms with van der Waals surface area (Å²) in [6.07, 6.45) is 0. The molecule has 0 radical (unpaired) electrons. The highest BCUT2D eigenvalue weighted by molar-refractivity contribution is 7.98. The van der Waals surface area contributed by atoms with E-state index >= 15 is 0 Å². The second-order valence-electron chi connectivity index (χ2n) is 6.28. The van der Waals surface area contributed by atoms with Gasteiger partial charge in [-0.3, -0.25) is 0 Å². The molecule has 2 heterocycles. The third-order valence-corrected chi connectivity index (χ3v) is 5.54. The highest BCUT2D eigenvalue weighted by Gasteiger charge is 2.17.